The number of hydrogen-bond donors (Lipinski definition) is 1. The summed E-state index contributed by atoms with van der Waals surface area (Å²) in [5.74, 6) is 0. The van der Waals surface area contributed by atoms with Gasteiger partial charge in [0.2, 0.25) is 10.0 Å². The van der Waals surface area contributed by atoms with E-state index in [1.165, 1.54) is 24.3 Å². The van der Waals surface area contributed by atoms with Crippen LogP contribution in [0.15, 0.2) is 29.2 Å². The first kappa shape index (κ1) is 16.4. The zero-order valence-corrected chi connectivity index (χ0v) is 13.8. The molecule has 2 aliphatic heterocycles. The number of benzene rings is 1. The highest BCUT2D eigenvalue weighted by Crippen LogP contribution is 2.21. The summed E-state index contributed by atoms with van der Waals surface area (Å²) in [5, 5.41) is 8.78. The second-order valence-electron chi connectivity index (χ2n) is 6.08. The van der Waals surface area contributed by atoms with E-state index < -0.39 is 10.0 Å². The molecule has 2 aliphatic rings. The van der Waals surface area contributed by atoms with Gasteiger partial charge in [0.25, 0.3) is 0 Å². The topological polar surface area (TPSA) is 82.4 Å². The van der Waals surface area contributed by atoms with E-state index in [-0.39, 0.29) is 10.9 Å². The minimum absolute atomic E-state index is 0.0570. The van der Waals surface area contributed by atoms with Crippen LogP contribution in [-0.4, -0.2) is 51.7 Å². The van der Waals surface area contributed by atoms with Crippen molar-refractivity contribution < 1.29 is 13.2 Å². The molecule has 0 amide bonds. The number of sulfonamides is 1. The van der Waals surface area contributed by atoms with Crippen molar-refractivity contribution in [3.8, 4) is 6.07 Å². The van der Waals surface area contributed by atoms with E-state index in [1.807, 2.05) is 6.07 Å². The highest BCUT2D eigenvalue weighted by Gasteiger charge is 2.31. The summed E-state index contributed by atoms with van der Waals surface area (Å²) < 4.78 is 33.1. The fourth-order valence-corrected chi connectivity index (χ4v) is 4.52. The molecule has 124 valence electrons. The van der Waals surface area contributed by atoms with E-state index in [4.69, 9.17) is 10.00 Å². The van der Waals surface area contributed by atoms with Crippen molar-refractivity contribution in [1.82, 2.24) is 9.62 Å². The molecule has 2 fully saturated rings. The van der Waals surface area contributed by atoms with Crippen molar-refractivity contribution in [3.63, 3.8) is 0 Å². The van der Waals surface area contributed by atoms with Gasteiger partial charge in [-0.05, 0) is 43.5 Å². The Morgan fingerprint density at radius 2 is 1.87 bits per heavy atom. The van der Waals surface area contributed by atoms with Gasteiger partial charge in [-0.1, -0.05) is 0 Å². The molecule has 1 aromatic rings. The van der Waals surface area contributed by atoms with E-state index in [9.17, 15) is 8.42 Å². The molecule has 1 aromatic carbocycles. The summed E-state index contributed by atoms with van der Waals surface area (Å²) in [4.78, 5) is 2.58. The number of ether oxygens (including phenoxy) is 1. The molecule has 2 saturated heterocycles. The predicted molar refractivity (Wildman–Crippen MR) is 85.3 cm³/mol. The lowest BCUT2D eigenvalue weighted by molar-refractivity contribution is 0.0418. The zero-order chi connectivity index (χ0) is 16.3. The van der Waals surface area contributed by atoms with Crippen molar-refractivity contribution in [1.29, 1.82) is 5.26 Å². The molecule has 0 aromatic heterocycles. The first-order valence-corrected chi connectivity index (χ1v) is 9.41. The smallest absolute Gasteiger partial charge is 0.240 e. The number of likely N-dealkylation sites (tertiary alicyclic amines) is 1. The van der Waals surface area contributed by atoms with Crippen molar-refractivity contribution in [3.05, 3.63) is 29.8 Å². The average Bonchev–Trinajstić information content (AvgIpc) is 3.03. The zero-order valence-electron chi connectivity index (χ0n) is 12.9. The fourth-order valence-electron chi connectivity index (χ4n) is 3.26. The van der Waals surface area contributed by atoms with Gasteiger partial charge in [0.1, 0.15) is 0 Å². The Labute approximate surface area is 137 Å². The molecule has 0 saturated carbocycles. The number of rotatable bonds is 4. The Morgan fingerprint density at radius 3 is 2.52 bits per heavy atom. The number of nitrogens with one attached hydrogen (secondary N) is 1. The predicted octanol–water partition coefficient (Wildman–Crippen LogP) is 1.09. The Hall–Kier alpha value is -1.46. The Morgan fingerprint density at radius 1 is 1.17 bits per heavy atom. The van der Waals surface area contributed by atoms with Crippen LogP contribution in [0.5, 0.6) is 0 Å². The highest BCUT2D eigenvalue weighted by atomic mass is 32.2. The van der Waals surface area contributed by atoms with Crippen LogP contribution in [-0.2, 0) is 14.8 Å². The van der Waals surface area contributed by atoms with Crippen LogP contribution in [0.3, 0.4) is 0 Å². The van der Waals surface area contributed by atoms with Gasteiger partial charge in [0.15, 0.2) is 0 Å². The van der Waals surface area contributed by atoms with Crippen LogP contribution < -0.4 is 4.72 Å². The summed E-state index contributed by atoms with van der Waals surface area (Å²) in [7, 11) is -3.53. The molecule has 0 aliphatic carbocycles. The molecule has 0 radical (unpaired) electrons. The Balaban J connectivity index is 1.61. The van der Waals surface area contributed by atoms with E-state index in [0.29, 0.717) is 11.6 Å². The van der Waals surface area contributed by atoms with Gasteiger partial charge in [0.05, 0.1) is 16.5 Å². The second kappa shape index (κ2) is 6.97. The molecule has 1 atom stereocenters. The van der Waals surface area contributed by atoms with Crippen molar-refractivity contribution in [2.24, 2.45) is 0 Å². The lowest BCUT2D eigenvalue weighted by Gasteiger charge is -2.31. The molecule has 7 heteroatoms. The molecule has 1 N–H and O–H groups in total. The molecular weight excluding hydrogens is 314 g/mol. The van der Waals surface area contributed by atoms with Crippen LogP contribution in [0.2, 0.25) is 0 Å². The normalized spacial score (nSPS) is 23.7. The lowest BCUT2D eigenvalue weighted by Crippen LogP contribution is -2.41. The Kier molecular flexibility index (Phi) is 4.97. The minimum Gasteiger partial charge on any atom is -0.381 e. The number of hydrogen-bond acceptors (Lipinski definition) is 5. The maximum absolute atomic E-state index is 12.4. The number of nitriles is 1. The van der Waals surface area contributed by atoms with Gasteiger partial charge in [-0.25, -0.2) is 13.1 Å². The molecular formula is C16H21N3O3S. The Bertz CT molecular complexity index is 676. The molecule has 0 spiro atoms. The number of nitrogens with zero attached hydrogens (tertiary/aromatic N) is 2. The maximum atomic E-state index is 12.4. The van der Waals surface area contributed by atoms with Crippen LogP contribution in [0.4, 0.5) is 0 Å². The fraction of sp³-hybridized carbons (Fsp3) is 0.562. The first-order valence-electron chi connectivity index (χ1n) is 7.93. The molecule has 6 nitrogen and oxygen atoms in total. The van der Waals surface area contributed by atoms with E-state index in [2.05, 4.69) is 9.62 Å². The van der Waals surface area contributed by atoms with E-state index >= 15 is 0 Å². The van der Waals surface area contributed by atoms with E-state index in [1.54, 1.807) is 0 Å². The van der Waals surface area contributed by atoms with Crippen molar-refractivity contribution in [2.45, 2.75) is 36.2 Å². The van der Waals surface area contributed by atoms with Gasteiger partial charge in [-0.2, -0.15) is 5.26 Å². The maximum Gasteiger partial charge on any atom is 0.240 e. The second-order valence-corrected chi connectivity index (χ2v) is 7.80. The summed E-state index contributed by atoms with van der Waals surface area (Å²) in [6, 6.07) is 8.45. The minimum atomic E-state index is -3.53. The van der Waals surface area contributed by atoms with Crippen molar-refractivity contribution in [2.75, 3.05) is 26.3 Å². The standard InChI is InChI=1S/C16H21N3O3S/c17-11-13-1-3-16(4-2-13)23(20,21)18-14-5-8-19(12-14)15-6-9-22-10-7-15/h1-4,14-15,18H,5-10,12H2. The molecule has 0 bridgehead atoms. The third-order valence-electron chi connectivity index (χ3n) is 4.54. The van der Waals surface area contributed by atoms with Crippen LogP contribution in [0.25, 0.3) is 0 Å². The summed E-state index contributed by atoms with van der Waals surface area (Å²) in [6.45, 7) is 3.26. The molecule has 1 unspecified atom stereocenters. The lowest BCUT2D eigenvalue weighted by atomic mass is 10.1. The van der Waals surface area contributed by atoms with Crippen LogP contribution in [0, 0.1) is 11.3 Å². The summed E-state index contributed by atoms with van der Waals surface area (Å²) >= 11 is 0. The first-order chi connectivity index (χ1) is 11.1. The third kappa shape index (κ3) is 3.90. The molecule has 3 rings (SSSR count). The quantitative estimate of drug-likeness (QED) is 0.891. The monoisotopic (exact) mass is 335 g/mol. The van der Waals surface area contributed by atoms with Crippen molar-refractivity contribution >= 4 is 10.0 Å². The molecule has 2 heterocycles. The SMILES string of the molecule is N#Cc1ccc(S(=O)(=O)NC2CCN(C3CCOCC3)C2)cc1. The third-order valence-corrected chi connectivity index (χ3v) is 6.08. The van der Waals surface area contributed by atoms with E-state index in [0.717, 1.165) is 45.6 Å². The largest absolute Gasteiger partial charge is 0.381 e. The summed E-state index contributed by atoms with van der Waals surface area (Å²) in [5.41, 5.74) is 0.454. The van der Waals surface area contributed by atoms with Gasteiger partial charge in [-0.3, -0.25) is 4.90 Å². The van der Waals surface area contributed by atoms with Gasteiger partial charge in [-0.15, -0.1) is 0 Å². The van der Waals surface area contributed by atoms with Crippen LogP contribution >= 0.6 is 0 Å². The van der Waals surface area contributed by atoms with Gasteiger partial charge >= 0.3 is 0 Å². The van der Waals surface area contributed by atoms with Gasteiger partial charge < -0.3 is 4.74 Å². The van der Waals surface area contributed by atoms with Crippen LogP contribution in [0.1, 0.15) is 24.8 Å². The summed E-state index contributed by atoms with van der Waals surface area (Å²) in [6.07, 6.45) is 2.87. The average molecular weight is 335 g/mol. The van der Waals surface area contributed by atoms with Gasteiger partial charge in [0, 0.05) is 38.4 Å². The molecule has 23 heavy (non-hydrogen) atoms. The highest BCUT2D eigenvalue weighted by molar-refractivity contribution is 7.89.